The Morgan fingerprint density at radius 2 is 0.491 bits per heavy atom. The van der Waals surface area contributed by atoms with E-state index >= 15 is 0 Å². The maximum atomic E-state index is 13.8. The molecule has 0 amide bonds. The molecule has 0 aliphatic carbocycles. The molecule has 0 heterocycles. The summed E-state index contributed by atoms with van der Waals surface area (Å²) in [6.07, 6.45) is -8.01. The second-order valence-corrected chi connectivity index (χ2v) is 28.8. The fraction of sp³-hybridized carbons (Fsp3) is 0.121. The largest absolute Gasteiger partial charge is 0.459 e. The Kier molecular flexibility index (Phi) is 28.1. The van der Waals surface area contributed by atoms with Gasteiger partial charge in [-0.2, -0.15) is 16.8 Å². The lowest BCUT2D eigenvalue weighted by molar-refractivity contribution is -0.128. The summed E-state index contributed by atoms with van der Waals surface area (Å²) >= 11 is 0. The highest BCUT2D eigenvalue weighted by atomic mass is 32.2. The van der Waals surface area contributed by atoms with Gasteiger partial charge < -0.3 is 33.3 Å². The van der Waals surface area contributed by atoms with Crippen LogP contribution in [0.15, 0.2) is 333 Å². The number of carbonyl (C=O) groups excluding carboxylic acids is 7. The highest BCUT2D eigenvalue weighted by Crippen LogP contribution is 2.29. The molecule has 0 N–H and O–H groups in total. The minimum atomic E-state index is -4.35. The first-order valence-corrected chi connectivity index (χ1v) is 39.2. The average molecular weight is 1570 g/mol. The molecule has 12 aromatic rings. The molecule has 0 aliphatic rings. The van der Waals surface area contributed by atoms with Gasteiger partial charge in [0.05, 0.1) is 52.1 Å². The highest BCUT2D eigenvalue weighted by molar-refractivity contribution is 7.86. The van der Waals surface area contributed by atoms with Crippen LogP contribution in [0.1, 0.15) is 62.1 Å². The van der Waals surface area contributed by atoms with Crippen molar-refractivity contribution in [3.05, 3.63) is 361 Å². The van der Waals surface area contributed by atoms with Crippen LogP contribution in [0.5, 0.6) is 0 Å². The number of hydrogen-bond donors (Lipinski definition) is 0. The van der Waals surface area contributed by atoms with E-state index in [9.17, 15) is 50.4 Å². The van der Waals surface area contributed by atoms with Crippen LogP contribution in [0, 0.1) is 0 Å². The number of esters is 6. The number of carbonyl (C=O) groups is 7. The minimum Gasteiger partial charge on any atom is -0.459 e. The van der Waals surface area contributed by atoms with Gasteiger partial charge in [0.1, 0.15) is 20.3 Å². The van der Waals surface area contributed by atoms with Crippen molar-refractivity contribution >= 4 is 68.6 Å². The van der Waals surface area contributed by atoms with Gasteiger partial charge in [0.25, 0.3) is 20.2 Å². The molecule has 0 saturated carbocycles. The van der Waals surface area contributed by atoms with E-state index in [0.717, 1.165) is 85.5 Å². The topological polar surface area (TPSA) is 283 Å². The van der Waals surface area contributed by atoms with Gasteiger partial charge in [-0.25, -0.2) is 28.8 Å². The summed E-state index contributed by atoms with van der Waals surface area (Å²) in [4.78, 5) is 98.7. The van der Waals surface area contributed by atoms with Gasteiger partial charge in [-0.1, -0.05) is 260 Å². The van der Waals surface area contributed by atoms with Crippen molar-refractivity contribution in [1.82, 2.24) is 0 Å². The Hall–Kier alpha value is -13.6. The second-order valence-electron chi connectivity index (χ2n) is 25.6. The van der Waals surface area contributed by atoms with E-state index in [2.05, 4.69) is 5.16 Å². The van der Waals surface area contributed by atoms with Gasteiger partial charge in [-0.15, -0.1) is 0 Å². The first kappa shape index (κ1) is 81.4. The number of benzene rings is 12. The number of aldehydes is 1. The summed E-state index contributed by atoms with van der Waals surface area (Å²) in [6.45, 7) is -1.57. The van der Waals surface area contributed by atoms with E-state index in [4.69, 9.17) is 41.6 Å². The highest BCUT2D eigenvalue weighted by Gasteiger charge is 2.42. The van der Waals surface area contributed by atoms with E-state index in [-0.39, 0.29) is 39.7 Å². The molecule has 23 heteroatoms. The predicted octanol–water partition coefficient (Wildman–Crippen LogP) is 16.1. The molecule has 0 unspecified atom stereocenters. The molecular weight excluding hydrogens is 1490 g/mol. The predicted molar refractivity (Wildman–Crippen MR) is 430 cm³/mol. The summed E-state index contributed by atoms with van der Waals surface area (Å²) in [5.74, 6) is -5.42. The number of oxime groups is 1. The van der Waals surface area contributed by atoms with Crippen molar-refractivity contribution in [2.24, 2.45) is 5.16 Å². The summed E-state index contributed by atoms with van der Waals surface area (Å²) in [5.41, 5.74) is 11.1. The van der Waals surface area contributed by atoms with E-state index in [1.54, 1.807) is 97.1 Å². The molecule has 576 valence electrons. The Morgan fingerprint density at radius 3 is 0.711 bits per heavy atom. The Balaban J connectivity index is 0.000000225. The zero-order valence-electron chi connectivity index (χ0n) is 61.6. The van der Waals surface area contributed by atoms with Crippen LogP contribution in [-0.4, -0.2) is 135 Å². The van der Waals surface area contributed by atoms with Crippen LogP contribution in [0.3, 0.4) is 0 Å². The quantitative estimate of drug-likeness (QED) is 0.00974. The summed E-state index contributed by atoms with van der Waals surface area (Å²) in [5, 5.41) is 3.77. The van der Waals surface area contributed by atoms with Crippen LogP contribution < -0.4 is 0 Å². The van der Waals surface area contributed by atoms with Crippen LogP contribution in [0.2, 0.25) is 0 Å². The van der Waals surface area contributed by atoms with E-state index < -0.39 is 106 Å². The molecule has 0 bridgehead atoms. The molecule has 114 heavy (non-hydrogen) atoms. The number of ether oxygens (including phenoxy) is 6. The third kappa shape index (κ3) is 23.3. The second kappa shape index (κ2) is 39.4. The first-order valence-electron chi connectivity index (χ1n) is 35.6. The molecular formula is C91H75NO20S2. The van der Waals surface area contributed by atoms with Crippen molar-refractivity contribution < 1.29 is 92.0 Å². The summed E-state index contributed by atoms with van der Waals surface area (Å²) in [7, 11) is -7.43. The zero-order chi connectivity index (χ0) is 80.4. The van der Waals surface area contributed by atoms with Gasteiger partial charge in [0, 0.05) is 0 Å². The molecule has 0 aliphatic heterocycles. The van der Waals surface area contributed by atoms with E-state index in [1.807, 2.05) is 182 Å². The number of nitrogens with zero attached hydrogens (tertiary/aromatic N) is 1. The maximum Gasteiger partial charge on any atom is 0.338 e. The fourth-order valence-electron chi connectivity index (χ4n) is 11.8. The summed E-state index contributed by atoms with van der Waals surface area (Å²) < 4.78 is 95.4. The van der Waals surface area contributed by atoms with Crippen molar-refractivity contribution in [2.75, 3.05) is 32.8 Å². The van der Waals surface area contributed by atoms with Crippen LogP contribution in [-0.2, 0) is 66.7 Å². The SMILES string of the molecule is CO/N=C/[C@H](OC(=O)c1ccc(-c2ccccc2)cc1)[C@@H](OC(=O)c1ccc(-c2ccccc2)cc1)[C@H](COC(=O)c1ccc(-c2ccccc2)cc1)OS(C)(=O)=O.CS(=O)(=O)O[C@@H](COC(=O)c1ccc(-c2ccccc2)cc1)[C@H](OC(=O)c1ccc(-c2ccccc2)cc1)[C@H](C=O)OC(=O)c1ccc(-c2ccccc2)cc1. The molecule has 0 saturated heterocycles. The van der Waals surface area contributed by atoms with Gasteiger partial charge in [0.2, 0.25) is 0 Å². The lowest BCUT2D eigenvalue weighted by Crippen LogP contribution is -2.48. The third-order valence-electron chi connectivity index (χ3n) is 17.5. The van der Waals surface area contributed by atoms with Crippen LogP contribution in [0.25, 0.3) is 66.8 Å². The molecule has 12 rings (SSSR count). The molecule has 0 fully saturated rings. The number of hydrogen-bond acceptors (Lipinski definition) is 21. The molecule has 21 nitrogen and oxygen atoms in total. The van der Waals surface area contributed by atoms with Gasteiger partial charge >= 0.3 is 35.8 Å². The Morgan fingerprint density at radius 1 is 0.289 bits per heavy atom. The third-order valence-corrected chi connectivity index (χ3v) is 18.7. The molecule has 0 spiro atoms. The Bertz CT molecular complexity index is 5480. The minimum absolute atomic E-state index is 0.0377. The van der Waals surface area contributed by atoms with Crippen molar-refractivity contribution in [2.45, 2.75) is 36.6 Å². The number of rotatable bonds is 31. The van der Waals surface area contributed by atoms with Crippen molar-refractivity contribution in [1.29, 1.82) is 0 Å². The van der Waals surface area contributed by atoms with Crippen molar-refractivity contribution in [3.8, 4) is 66.8 Å². The zero-order valence-corrected chi connectivity index (χ0v) is 63.3. The van der Waals surface area contributed by atoms with Crippen molar-refractivity contribution in [3.63, 3.8) is 0 Å². The van der Waals surface area contributed by atoms with Gasteiger partial charge in [-0.05, 0) is 140 Å². The van der Waals surface area contributed by atoms with Gasteiger partial charge in [-0.3, -0.25) is 13.2 Å². The normalized spacial score (nSPS) is 12.8. The van der Waals surface area contributed by atoms with Crippen LogP contribution >= 0.6 is 0 Å². The molecule has 6 atom stereocenters. The molecule has 0 radical (unpaired) electrons. The molecule has 0 aromatic heterocycles. The van der Waals surface area contributed by atoms with Gasteiger partial charge in [0.15, 0.2) is 42.9 Å². The fourth-order valence-corrected chi connectivity index (χ4v) is 13.0. The monoisotopic (exact) mass is 1570 g/mol. The average Bonchev–Trinajstić information content (AvgIpc) is 0.820. The maximum absolute atomic E-state index is 13.8. The standard InChI is InChI=1S/C46H39NO10S.C45H36O10S/c1-53-47-30-41(55-45(49)39-26-20-36(21-27-39)33-14-8-4-9-15-33)43(56-46(50)40-28-22-37(23-29-40)34-16-10-5-11-17-34)42(57-58(2,51)52)31-54-44(48)38-24-18-35(19-25-38)32-12-6-3-7-13-32;1-56(50,51)55-41(30-52-43(47)37-23-17-34(18-24-37)31-11-5-2-6-12-31)42(54-45(49)39-27-21-36(22-28-39)33-15-9-4-10-16-33)40(29-46)53-44(48)38-25-19-35(20-26-38)32-13-7-3-8-14-32/h3-30,41-43H,31H2,1-2H3;2-29,40-42H,30H2,1H3/b47-30+;/t41-,42-,43+;40-,41-,42+/m00/s1. The Labute approximate surface area is 659 Å². The van der Waals surface area contributed by atoms with E-state index in [0.29, 0.717) is 0 Å². The van der Waals surface area contributed by atoms with E-state index in [1.165, 1.54) is 55.6 Å². The summed E-state index contributed by atoms with van der Waals surface area (Å²) in [6, 6.07) is 95.8. The molecule has 12 aromatic carbocycles. The first-order chi connectivity index (χ1) is 55.1. The lowest BCUT2D eigenvalue weighted by atomic mass is 10.0. The smallest absolute Gasteiger partial charge is 0.338 e. The lowest BCUT2D eigenvalue weighted by Gasteiger charge is -2.30. The van der Waals surface area contributed by atoms with Crippen LogP contribution in [0.4, 0.5) is 0 Å².